The van der Waals surface area contributed by atoms with E-state index in [4.69, 9.17) is 5.26 Å². The summed E-state index contributed by atoms with van der Waals surface area (Å²) in [4.78, 5) is 0. The average molecular weight is 187 g/mol. The van der Waals surface area contributed by atoms with Crippen molar-refractivity contribution < 1.29 is 0 Å². The van der Waals surface area contributed by atoms with Crippen LogP contribution in [0.1, 0.15) is 44.2 Å². The zero-order valence-corrected chi connectivity index (χ0v) is 9.12. The summed E-state index contributed by atoms with van der Waals surface area (Å²) < 4.78 is 0. The smallest absolute Gasteiger partial charge is 0.0991 e. The Morgan fingerprint density at radius 1 is 1.36 bits per heavy atom. The van der Waals surface area contributed by atoms with Crippen molar-refractivity contribution in [2.45, 2.75) is 33.1 Å². The molecule has 0 aromatic heterocycles. The van der Waals surface area contributed by atoms with E-state index in [2.05, 4.69) is 32.9 Å². The lowest BCUT2D eigenvalue weighted by molar-refractivity contribution is 0.473. The molecule has 0 saturated heterocycles. The van der Waals surface area contributed by atoms with E-state index in [-0.39, 0.29) is 0 Å². The molecule has 74 valence electrons. The number of benzene rings is 1. The molecule has 0 aliphatic heterocycles. The van der Waals surface area contributed by atoms with Gasteiger partial charge in [0.2, 0.25) is 0 Å². The Morgan fingerprint density at radius 3 is 2.64 bits per heavy atom. The Bertz CT molecular complexity index is 335. The Hall–Kier alpha value is -1.29. The molecule has 0 amide bonds. The van der Waals surface area contributed by atoms with Gasteiger partial charge in [-0.15, -0.1) is 0 Å². The average Bonchev–Trinajstić information content (AvgIpc) is 2.27. The van der Waals surface area contributed by atoms with E-state index in [1.165, 1.54) is 12.0 Å². The number of nitrogens with zero attached hydrogens (tertiary/aromatic N) is 1. The second kappa shape index (κ2) is 4.81. The van der Waals surface area contributed by atoms with Crippen LogP contribution in [0.3, 0.4) is 0 Å². The third kappa shape index (κ3) is 2.35. The second-order valence-electron chi connectivity index (χ2n) is 3.91. The van der Waals surface area contributed by atoms with E-state index in [0.29, 0.717) is 11.8 Å². The zero-order chi connectivity index (χ0) is 10.6. The largest absolute Gasteiger partial charge is 0.192 e. The maximum Gasteiger partial charge on any atom is 0.0991 e. The molecule has 1 nitrogen and oxygen atoms in total. The highest BCUT2D eigenvalue weighted by atomic mass is 14.2. The second-order valence-corrected chi connectivity index (χ2v) is 3.91. The Kier molecular flexibility index (Phi) is 3.71. The zero-order valence-electron chi connectivity index (χ0n) is 9.12. The highest BCUT2D eigenvalue weighted by Gasteiger charge is 2.12. The highest BCUT2D eigenvalue weighted by molar-refractivity contribution is 5.34. The van der Waals surface area contributed by atoms with Crippen LogP contribution in [-0.4, -0.2) is 0 Å². The van der Waals surface area contributed by atoms with Crippen LogP contribution in [-0.2, 0) is 0 Å². The number of nitriles is 1. The maximum atomic E-state index is 8.79. The fraction of sp³-hybridized carbons (Fsp3) is 0.462. The molecule has 1 rings (SSSR count). The van der Waals surface area contributed by atoms with Crippen LogP contribution in [0.15, 0.2) is 24.3 Å². The lowest BCUT2D eigenvalue weighted by atomic mass is 9.87. The quantitative estimate of drug-likeness (QED) is 0.707. The summed E-state index contributed by atoms with van der Waals surface area (Å²) in [5, 5.41) is 8.79. The van der Waals surface area contributed by atoms with E-state index in [1.54, 1.807) is 0 Å². The first-order chi connectivity index (χ1) is 6.69. The SMILES string of the molecule is CCC(C)C(C)c1cccc(C#N)c1. The van der Waals surface area contributed by atoms with Gasteiger partial charge < -0.3 is 0 Å². The van der Waals surface area contributed by atoms with Gasteiger partial charge in [0, 0.05) is 0 Å². The predicted molar refractivity (Wildman–Crippen MR) is 59.0 cm³/mol. The first kappa shape index (κ1) is 10.8. The number of hydrogen-bond acceptors (Lipinski definition) is 1. The Balaban J connectivity index is 2.91. The van der Waals surface area contributed by atoms with Crippen molar-refractivity contribution in [3.63, 3.8) is 0 Å². The summed E-state index contributed by atoms with van der Waals surface area (Å²) in [6, 6.07) is 10.1. The van der Waals surface area contributed by atoms with Gasteiger partial charge in [-0.05, 0) is 29.5 Å². The summed E-state index contributed by atoms with van der Waals surface area (Å²) in [5.41, 5.74) is 2.04. The molecule has 0 bridgehead atoms. The molecule has 0 aliphatic carbocycles. The lowest BCUT2D eigenvalue weighted by Crippen LogP contribution is -2.04. The van der Waals surface area contributed by atoms with Gasteiger partial charge in [0.25, 0.3) is 0 Å². The molecular formula is C13H17N. The molecule has 0 heterocycles. The molecule has 14 heavy (non-hydrogen) atoms. The molecule has 0 aliphatic rings. The standard InChI is InChI=1S/C13H17N/c1-4-10(2)11(3)13-7-5-6-12(8-13)9-14/h5-8,10-11H,4H2,1-3H3. The van der Waals surface area contributed by atoms with Gasteiger partial charge in [0.15, 0.2) is 0 Å². The van der Waals surface area contributed by atoms with Gasteiger partial charge >= 0.3 is 0 Å². The maximum absolute atomic E-state index is 8.79. The van der Waals surface area contributed by atoms with Crippen LogP contribution in [0.5, 0.6) is 0 Å². The summed E-state index contributed by atoms with van der Waals surface area (Å²) in [6.07, 6.45) is 1.18. The van der Waals surface area contributed by atoms with Crippen molar-refractivity contribution in [3.8, 4) is 6.07 Å². The molecule has 0 radical (unpaired) electrons. The van der Waals surface area contributed by atoms with Gasteiger partial charge in [-0.3, -0.25) is 0 Å². The fourth-order valence-corrected chi connectivity index (χ4v) is 1.57. The summed E-state index contributed by atoms with van der Waals surface area (Å²) in [6.45, 7) is 6.68. The number of hydrogen-bond donors (Lipinski definition) is 0. The van der Waals surface area contributed by atoms with E-state index in [9.17, 15) is 0 Å². The van der Waals surface area contributed by atoms with Crippen LogP contribution < -0.4 is 0 Å². The molecule has 2 unspecified atom stereocenters. The van der Waals surface area contributed by atoms with E-state index in [0.717, 1.165) is 5.56 Å². The molecule has 1 aromatic rings. The van der Waals surface area contributed by atoms with Crippen molar-refractivity contribution in [1.82, 2.24) is 0 Å². The minimum atomic E-state index is 0.535. The third-order valence-electron chi connectivity index (χ3n) is 3.04. The third-order valence-corrected chi connectivity index (χ3v) is 3.04. The van der Waals surface area contributed by atoms with Crippen molar-refractivity contribution in [2.75, 3.05) is 0 Å². The van der Waals surface area contributed by atoms with Crippen molar-refractivity contribution >= 4 is 0 Å². The summed E-state index contributed by atoms with van der Waals surface area (Å²) in [7, 11) is 0. The Labute approximate surface area is 86.4 Å². The van der Waals surface area contributed by atoms with Gasteiger partial charge in [-0.1, -0.05) is 39.3 Å². The van der Waals surface area contributed by atoms with Gasteiger partial charge in [0.1, 0.15) is 0 Å². The van der Waals surface area contributed by atoms with E-state index < -0.39 is 0 Å². The molecular weight excluding hydrogens is 170 g/mol. The fourth-order valence-electron chi connectivity index (χ4n) is 1.57. The summed E-state index contributed by atoms with van der Waals surface area (Å²) >= 11 is 0. The van der Waals surface area contributed by atoms with Crippen LogP contribution >= 0.6 is 0 Å². The topological polar surface area (TPSA) is 23.8 Å². The minimum absolute atomic E-state index is 0.535. The normalized spacial score (nSPS) is 14.4. The molecule has 0 fully saturated rings. The minimum Gasteiger partial charge on any atom is -0.192 e. The van der Waals surface area contributed by atoms with Gasteiger partial charge in [-0.2, -0.15) is 5.26 Å². The molecule has 1 heteroatoms. The first-order valence-electron chi connectivity index (χ1n) is 5.19. The van der Waals surface area contributed by atoms with Crippen molar-refractivity contribution in [1.29, 1.82) is 5.26 Å². The van der Waals surface area contributed by atoms with Gasteiger partial charge in [-0.25, -0.2) is 0 Å². The molecule has 0 saturated carbocycles. The molecule has 1 aromatic carbocycles. The first-order valence-corrected chi connectivity index (χ1v) is 5.19. The monoisotopic (exact) mass is 187 g/mol. The van der Waals surface area contributed by atoms with E-state index in [1.807, 2.05) is 18.2 Å². The molecule has 0 N–H and O–H groups in total. The van der Waals surface area contributed by atoms with Gasteiger partial charge in [0.05, 0.1) is 11.6 Å². The van der Waals surface area contributed by atoms with E-state index >= 15 is 0 Å². The number of rotatable bonds is 3. The van der Waals surface area contributed by atoms with Crippen molar-refractivity contribution in [2.24, 2.45) is 5.92 Å². The van der Waals surface area contributed by atoms with Crippen molar-refractivity contribution in [3.05, 3.63) is 35.4 Å². The van der Waals surface area contributed by atoms with Crippen LogP contribution in [0.25, 0.3) is 0 Å². The summed E-state index contributed by atoms with van der Waals surface area (Å²) in [5.74, 6) is 1.21. The predicted octanol–water partition coefficient (Wildman–Crippen LogP) is 3.71. The molecule has 2 atom stereocenters. The van der Waals surface area contributed by atoms with Crippen LogP contribution in [0.2, 0.25) is 0 Å². The molecule has 0 spiro atoms. The highest BCUT2D eigenvalue weighted by Crippen LogP contribution is 2.26. The van der Waals surface area contributed by atoms with Crippen LogP contribution in [0, 0.1) is 17.2 Å². The lowest BCUT2D eigenvalue weighted by Gasteiger charge is -2.18. The van der Waals surface area contributed by atoms with Crippen LogP contribution in [0.4, 0.5) is 0 Å². The Morgan fingerprint density at radius 2 is 2.07 bits per heavy atom.